The van der Waals surface area contributed by atoms with Crippen molar-refractivity contribution in [2.45, 2.75) is 12.5 Å². The molecule has 1 atom stereocenters. The normalized spacial score (nSPS) is 17.0. The van der Waals surface area contributed by atoms with Gasteiger partial charge < -0.3 is 25.0 Å². The minimum Gasteiger partial charge on any atom is -0.493 e. The van der Waals surface area contributed by atoms with Gasteiger partial charge in [0.15, 0.2) is 11.5 Å². The number of amides is 4. The third-order valence-corrected chi connectivity index (χ3v) is 6.52. The minimum absolute atomic E-state index is 0.130. The molecule has 0 saturated carbocycles. The van der Waals surface area contributed by atoms with Gasteiger partial charge in [0.25, 0.3) is 0 Å². The molecule has 1 fully saturated rings. The average Bonchev–Trinajstić information content (AvgIpc) is 3.33. The molecule has 8 nitrogen and oxygen atoms in total. The van der Waals surface area contributed by atoms with E-state index in [-0.39, 0.29) is 18.1 Å². The Labute approximate surface area is 204 Å². The Morgan fingerprint density at radius 2 is 1.74 bits per heavy atom. The van der Waals surface area contributed by atoms with E-state index in [1.54, 1.807) is 19.1 Å². The third kappa shape index (κ3) is 4.35. The van der Waals surface area contributed by atoms with Crippen LogP contribution in [0, 0.1) is 0 Å². The molecule has 2 heterocycles. The van der Waals surface area contributed by atoms with Gasteiger partial charge in [0.2, 0.25) is 0 Å². The highest BCUT2D eigenvalue weighted by molar-refractivity contribution is 5.96. The van der Waals surface area contributed by atoms with E-state index in [1.165, 1.54) is 0 Å². The Morgan fingerprint density at radius 1 is 0.971 bits per heavy atom. The highest BCUT2D eigenvalue weighted by Gasteiger charge is 2.33. The number of fused-ring (bicyclic) bond motifs is 1. The zero-order valence-electron chi connectivity index (χ0n) is 19.8. The van der Waals surface area contributed by atoms with Crippen LogP contribution in [0.1, 0.15) is 22.7 Å². The molecule has 180 valence electrons. The number of benzene rings is 3. The van der Waals surface area contributed by atoms with E-state index in [2.05, 4.69) is 10.6 Å². The Kier molecular flexibility index (Phi) is 6.18. The number of hydrogen-bond acceptors (Lipinski definition) is 4. The van der Waals surface area contributed by atoms with E-state index >= 15 is 0 Å². The first-order valence-corrected chi connectivity index (χ1v) is 11.6. The number of anilines is 2. The van der Waals surface area contributed by atoms with Gasteiger partial charge in [-0.2, -0.15) is 0 Å². The number of hydrogen-bond donors (Lipinski definition) is 2. The standard InChI is InChI=1S/C27H28N4O4/c1-34-23-15-19-11-13-31(25(18-7-4-3-5-8-18)22(19)17-24(23)35-2)27(33)29-20-9-6-10-21(16-20)30-14-12-28-26(30)32/h3-10,15-17,25H,11-14H2,1-2H3,(H,28,32)(H,29,33). The van der Waals surface area contributed by atoms with Crippen LogP contribution in [0.4, 0.5) is 21.0 Å². The summed E-state index contributed by atoms with van der Waals surface area (Å²) in [6, 6.07) is 20.7. The van der Waals surface area contributed by atoms with Crippen molar-refractivity contribution in [1.29, 1.82) is 0 Å². The van der Waals surface area contributed by atoms with Gasteiger partial charge in [0.05, 0.1) is 20.3 Å². The summed E-state index contributed by atoms with van der Waals surface area (Å²) in [4.78, 5) is 29.2. The van der Waals surface area contributed by atoms with Crippen LogP contribution in [0.2, 0.25) is 0 Å². The molecule has 0 aromatic heterocycles. The van der Waals surface area contributed by atoms with Gasteiger partial charge in [-0.1, -0.05) is 36.4 Å². The van der Waals surface area contributed by atoms with E-state index < -0.39 is 0 Å². The Morgan fingerprint density at radius 3 is 2.46 bits per heavy atom. The molecule has 35 heavy (non-hydrogen) atoms. The lowest BCUT2D eigenvalue weighted by Crippen LogP contribution is -2.43. The van der Waals surface area contributed by atoms with Crippen molar-refractivity contribution >= 4 is 23.4 Å². The highest BCUT2D eigenvalue weighted by Crippen LogP contribution is 2.41. The van der Waals surface area contributed by atoms with E-state index in [9.17, 15) is 9.59 Å². The molecule has 2 N–H and O–H groups in total. The third-order valence-electron chi connectivity index (χ3n) is 6.52. The van der Waals surface area contributed by atoms with Gasteiger partial charge in [0, 0.05) is 31.0 Å². The summed E-state index contributed by atoms with van der Waals surface area (Å²) in [6.07, 6.45) is 0.695. The van der Waals surface area contributed by atoms with Gasteiger partial charge in [-0.15, -0.1) is 0 Å². The first-order valence-electron chi connectivity index (χ1n) is 11.6. The maximum atomic E-state index is 13.6. The van der Waals surface area contributed by atoms with Crippen LogP contribution in [-0.4, -0.2) is 50.8 Å². The molecular formula is C27H28N4O4. The first-order chi connectivity index (χ1) is 17.1. The summed E-state index contributed by atoms with van der Waals surface area (Å²) in [5.74, 6) is 1.31. The van der Waals surface area contributed by atoms with Crippen molar-refractivity contribution in [3.63, 3.8) is 0 Å². The monoisotopic (exact) mass is 472 g/mol. The van der Waals surface area contributed by atoms with Crippen molar-refractivity contribution < 1.29 is 19.1 Å². The summed E-state index contributed by atoms with van der Waals surface area (Å²) in [5.41, 5.74) is 4.54. The fourth-order valence-corrected chi connectivity index (χ4v) is 4.82. The zero-order valence-corrected chi connectivity index (χ0v) is 19.8. The maximum Gasteiger partial charge on any atom is 0.322 e. The number of ether oxygens (including phenoxy) is 2. The maximum absolute atomic E-state index is 13.6. The predicted molar refractivity (Wildman–Crippen MR) is 134 cm³/mol. The molecule has 3 aromatic rings. The van der Waals surface area contributed by atoms with Crippen LogP contribution in [0.3, 0.4) is 0 Å². The van der Waals surface area contributed by atoms with Crippen molar-refractivity contribution in [3.05, 3.63) is 83.4 Å². The Balaban J connectivity index is 1.47. The highest BCUT2D eigenvalue weighted by atomic mass is 16.5. The molecule has 1 saturated heterocycles. The number of carbonyl (C=O) groups excluding carboxylic acids is 2. The molecule has 2 aliphatic heterocycles. The van der Waals surface area contributed by atoms with Crippen LogP contribution >= 0.6 is 0 Å². The smallest absolute Gasteiger partial charge is 0.322 e. The largest absolute Gasteiger partial charge is 0.493 e. The summed E-state index contributed by atoms with van der Waals surface area (Å²) in [5, 5.41) is 5.85. The fraction of sp³-hybridized carbons (Fsp3) is 0.259. The summed E-state index contributed by atoms with van der Waals surface area (Å²) >= 11 is 0. The summed E-state index contributed by atoms with van der Waals surface area (Å²) in [7, 11) is 3.24. The lowest BCUT2D eigenvalue weighted by atomic mass is 9.88. The van der Waals surface area contributed by atoms with Crippen LogP contribution in [-0.2, 0) is 6.42 Å². The number of urea groups is 2. The number of nitrogens with zero attached hydrogens (tertiary/aromatic N) is 2. The quantitative estimate of drug-likeness (QED) is 0.576. The van der Waals surface area contributed by atoms with Crippen molar-refractivity contribution in [2.24, 2.45) is 0 Å². The molecule has 2 aliphatic rings. The Hall–Kier alpha value is -4.20. The van der Waals surface area contributed by atoms with E-state index in [4.69, 9.17) is 9.47 Å². The molecule has 5 rings (SSSR count). The second-order valence-corrected chi connectivity index (χ2v) is 8.53. The van der Waals surface area contributed by atoms with Crippen LogP contribution in [0.15, 0.2) is 66.7 Å². The molecule has 3 aromatic carbocycles. The van der Waals surface area contributed by atoms with E-state index in [0.717, 1.165) is 22.4 Å². The van der Waals surface area contributed by atoms with Crippen molar-refractivity contribution in [2.75, 3.05) is 44.1 Å². The predicted octanol–water partition coefficient (Wildman–Crippen LogP) is 4.41. The first kappa shape index (κ1) is 22.6. The average molecular weight is 473 g/mol. The second kappa shape index (κ2) is 9.58. The summed E-state index contributed by atoms with van der Waals surface area (Å²) < 4.78 is 11.1. The second-order valence-electron chi connectivity index (χ2n) is 8.53. The van der Waals surface area contributed by atoms with Gasteiger partial charge in [-0.3, -0.25) is 4.90 Å². The zero-order chi connectivity index (χ0) is 24.4. The van der Waals surface area contributed by atoms with Crippen molar-refractivity contribution in [3.8, 4) is 11.5 Å². The molecule has 4 amide bonds. The number of rotatable bonds is 5. The molecule has 8 heteroatoms. The SMILES string of the molecule is COc1cc2c(cc1OC)C(c1ccccc1)N(C(=O)Nc1cccc(N3CCNC3=O)c1)CC2. The van der Waals surface area contributed by atoms with E-state index in [0.29, 0.717) is 43.2 Å². The lowest BCUT2D eigenvalue weighted by Gasteiger charge is -2.38. The number of nitrogens with one attached hydrogen (secondary N) is 2. The van der Waals surface area contributed by atoms with Gasteiger partial charge in [-0.05, 0) is 53.4 Å². The van der Waals surface area contributed by atoms with Gasteiger partial charge >= 0.3 is 12.1 Å². The molecule has 0 radical (unpaired) electrons. The van der Waals surface area contributed by atoms with Gasteiger partial charge in [0.1, 0.15) is 0 Å². The fourth-order valence-electron chi connectivity index (χ4n) is 4.82. The van der Waals surface area contributed by atoms with Crippen LogP contribution in [0.5, 0.6) is 11.5 Å². The molecular weight excluding hydrogens is 444 g/mol. The molecule has 0 bridgehead atoms. The number of carbonyl (C=O) groups is 2. The Bertz CT molecular complexity index is 1250. The number of methoxy groups -OCH3 is 2. The van der Waals surface area contributed by atoms with Crippen LogP contribution in [0.25, 0.3) is 0 Å². The molecule has 0 spiro atoms. The lowest BCUT2D eigenvalue weighted by molar-refractivity contribution is 0.193. The topological polar surface area (TPSA) is 83.1 Å². The molecule has 0 aliphatic carbocycles. The van der Waals surface area contributed by atoms with Gasteiger partial charge in [-0.25, -0.2) is 9.59 Å². The van der Waals surface area contributed by atoms with E-state index in [1.807, 2.05) is 71.6 Å². The summed E-state index contributed by atoms with van der Waals surface area (Å²) in [6.45, 7) is 1.75. The van der Waals surface area contributed by atoms with Crippen molar-refractivity contribution in [1.82, 2.24) is 10.2 Å². The molecule has 1 unspecified atom stereocenters. The minimum atomic E-state index is -0.285. The van der Waals surface area contributed by atoms with Crippen LogP contribution < -0.4 is 25.0 Å².